The van der Waals surface area contributed by atoms with E-state index in [4.69, 9.17) is 9.62 Å². The molecule has 1 heterocycles. The zero-order chi connectivity index (χ0) is 7.56. The van der Waals surface area contributed by atoms with Crippen molar-refractivity contribution >= 4 is 6.21 Å². The number of furan rings is 1. The summed E-state index contributed by atoms with van der Waals surface area (Å²) in [4.78, 5) is 0. The fraction of sp³-hybridized carbons (Fsp3) is 0.286. The van der Waals surface area contributed by atoms with E-state index in [0.29, 0.717) is 0 Å². The highest BCUT2D eigenvalue weighted by atomic mass is 16.4. The van der Waals surface area contributed by atoms with Gasteiger partial charge in [-0.2, -0.15) is 0 Å². The molecular weight excluding hydrogens is 130 g/mol. The van der Waals surface area contributed by atoms with Gasteiger partial charge < -0.3 is 9.62 Å². The molecule has 1 N–H and O–H groups in total. The highest BCUT2D eigenvalue weighted by molar-refractivity contribution is 5.80. The first-order chi connectivity index (χ1) is 4.74. The smallest absolute Gasteiger partial charge is 0.109 e. The van der Waals surface area contributed by atoms with Gasteiger partial charge in [-0.3, -0.25) is 0 Å². The summed E-state index contributed by atoms with van der Waals surface area (Å²) in [5.41, 5.74) is 0.819. The lowest BCUT2D eigenvalue weighted by Gasteiger charge is -1.82. The molecule has 3 nitrogen and oxygen atoms in total. The quantitative estimate of drug-likeness (QED) is 0.365. The first kappa shape index (κ1) is 6.86. The van der Waals surface area contributed by atoms with Crippen LogP contribution in [-0.2, 0) is 0 Å². The number of rotatable bonds is 1. The van der Waals surface area contributed by atoms with Crippen LogP contribution in [0.1, 0.15) is 17.1 Å². The summed E-state index contributed by atoms with van der Waals surface area (Å²) < 4.78 is 5.16. The SMILES string of the molecule is Cc1cc(/C=N/O)c(C)o1. The predicted octanol–water partition coefficient (Wildman–Crippen LogP) is 1.70. The van der Waals surface area contributed by atoms with Crippen molar-refractivity contribution < 1.29 is 9.62 Å². The zero-order valence-electron chi connectivity index (χ0n) is 5.96. The second-order valence-electron chi connectivity index (χ2n) is 2.11. The minimum atomic E-state index is 0.773. The van der Waals surface area contributed by atoms with Crippen LogP contribution in [0.2, 0.25) is 0 Å². The summed E-state index contributed by atoms with van der Waals surface area (Å²) in [5, 5.41) is 11.1. The Balaban J connectivity index is 3.03. The van der Waals surface area contributed by atoms with Crippen LogP contribution in [-0.4, -0.2) is 11.4 Å². The van der Waals surface area contributed by atoms with Crippen LogP contribution in [0.3, 0.4) is 0 Å². The van der Waals surface area contributed by atoms with Gasteiger partial charge in [0, 0.05) is 5.56 Å². The fourth-order valence-electron chi connectivity index (χ4n) is 0.841. The van der Waals surface area contributed by atoms with Crippen molar-refractivity contribution in [3.63, 3.8) is 0 Å². The maximum Gasteiger partial charge on any atom is 0.109 e. The lowest BCUT2D eigenvalue weighted by atomic mass is 10.3. The van der Waals surface area contributed by atoms with Crippen molar-refractivity contribution in [2.75, 3.05) is 0 Å². The van der Waals surface area contributed by atoms with Crippen LogP contribution in [0.15, 0.2) is 15.6 Å². The highest BCUT2D eigenvalue weighted by Crippen LogP contribution is 2.10. The van der Waals surface area contributed by atoms with E-state index in [0.717, 1.165) is 17.1 Å². The second kappa shape index (κ2) is 2.56. The van der Waals surface area contributed by atoms with E-state index < -0.39 is 0 Å². The number of aryl methyl sites for hydroxylation is 2. The molecule has 0 bridgehead atoms. The van der Waals surface area contributed by atoms with Gasteiger partial charge >= 0.3 is 0 Å². The minimum absolute atomic E-state index is 0.773. The summed E-state index contributed by atoms with van der Waals surface area (Å²) in [6.45, 7) is 3.67. The molecular formula is C7H9NO2. The third-order valence-corrected chi connectivity index (χ3v) is 1.28. The number of hydrogen-bond acceptors (Lipinski definition) is 3. The van der Waals surface area contributed by atoms with Crippen LogP contribution >= 0.6 is 0 Å². The van der Waals surface area contributed by atoms with Gasteiger partial charge in [-0.25, -0.2) is 0 Å². The van der Waals surface area contributed by atoms with Crippen LogP contribution in [0.5, 0.6) is 0 Å². The molecule has 0 aliphatic carbocycles. The number of nitrogens with zero attached hydrogens (tertiary/aromatic N) is 1. The Kier molecular flexibility index (Phi) is 1.76. The predicted molar refractivity (Wildman–Crippen MR) is 37.6 cm³/mol. The lowest BCUT2D eigenvalue weighted by molar-refractivity contribution is 0.321. The van der Waals surface area contributed by atoms with Gasteiger partial charge in [0.05, 0.1) is 6.21 Å². The summed E-state index contributed by atoms with van der Waals surface area (Å²) in [7, 11) is 0. The van der Waals surface area contributed by atoms with E-state index in [1.165, 1.54) is 6.21 Å². The average molecular weight is 139 g/mol. The van der Waals surface area contributed by atoms with Gasteiger partial charge in [-0.05, 0) is 19.9 Å². The first-order valence-corrected chi connectivity index (χ1v) is 2.98. The van der Waals surface area contributed by atoms with Gasteiger partial charge in [0.1, 0.15) is 11.5 Å². The normalized spacial score (nSPS) is 11.0. The maximum absolute atomic E-state index is 8.18. The molecule has 0 saturated carbocycles. The molecule has 0 atom stereocenters. The van der Waals surface area contributed by atoms with Gasteiger partial charge in [0.2, 0.25) is 0 Å². The number of hydrogen-bond donors (Lipinski definition) is 1. The summed E-state index contributed by atoms with van der Waals surface area (Å²) >= 11 is 0. The van der Waals surface area contributed by atoms with Crippen molar-refractivity contribution in [2.45, 2.75) is 13.8 Å². The lowest BCUT2D eigenvalue weighted by Crippen LogP contribution is -1.77. The summed E-state index contributed by atoms with van der Waals surface area (Å²) in [5.74, 6) is 1.60. The van der Waals surface area contributed by atoms with Crippen molar-refractivity contribution in [3.8, 4) is 0 Å². The monoisotopic (exact) mass is 139 g/mol. The van der Waals surface area contributed by atoms with E-state index in [1.807, 2.05) is 19.9 Å². The minimum Gasteiger partial charge on any atom is -0.466 e. The van der Waals surface area contributed by atoms with Crippen LogP contribution in [0.4, 0.5) is 0 Å². The molecule has 0 unspecified atom stereocenters. The third kappa shape index (κ3) is 1.18. The Hall–Kier alpha value is -1.25. The first-order valence-electron chi connectivity index (χ1n) is 2.98. The van der Waals surface area contributed by atoms with Gasteiger partial charge in [-0.15, -0.1) is 0 Å². The molecule has 1 aromatic heterocycles. The average Bonchev–Trinajstić information content (AvgIpc) is 2.13. The fourth-order valence-corrected chi connectivity index (χ4v) is 0.841. The molecule has 0 spiro atoms. The van der Waals surface area contributed by atoms with E-state index in [2.05, 4.69) is 5.16 Å². The van der Waals surface area contributed by atoms with Crippen LogP contribution in [0, 0.1) is 13.8 Å². The van der Waals surface area contributed by atoms with E-state index >= 15 is 0 Å². The van der Waals surface area contributed by atoms with Gasteiger partial charge in [-0.1, -0.05) is 5.16 Å². The molecule has 0 radical (unpaired) electrons. The molecule has 54 valence electrons. The Morgan fingerprint density at radius 2 is 2.30 bits per heavy atom. The van der Waals surface area contributed by atoms with Gasteiger partial charge in [0.25, 0.3) is 0 Å². The third-order valence-electron chi connectivity index (χ3n) is 1.28. The molecule has 0 saturated heterocycles. The van der Waals surface area contributed by atoms with Crippen LogP contribution in [0.25, 0.3) is 0 Å². The number of oxime groups is 1. The molecule has 1 rings (SSSR count). The molecule has 0 aromatic carbocycles. The van der Waals surface area contributed by atoms with Crippen LogP contribution < -0.4 is 0 Å². The Labute approximate surface area is 59.0 Å². The zero-order valence-corrected chi connectivity index (χ0v) is 5.96. The standard InChI is InChI=1S/C7H9NO2/c1-5-3-7(4-8-9)6(2)10-5/h3-4,9H,1-2H3/b8-4+. The van der Waals surface area contributed by atoms with Crippen molar-refractivity contribution in [1.29, 1.82) is 0 Å². The molecule has 0 fully saturated rings. The Bertz CT molecular complexity index is 250. The topological polar surface area (TPSA) is 45.7 Å². The molecule has 1 aromatic rings. The highest BCUT2D eigenvalue weighted by Gasteiger charge is 1.99. The Morgan fingerprint density at radius 1 is 1.60 bits per heavy atom. The summed E-state index contributed by atoms with van der Waals surface area (Å²) in [6, 6.07) is 1.81. The van der Waals surface area contributed by atoms with E-state index in [-0.39, 0.29) is 0 Å². The molecule has 0 aliphatic rings. The second-order valence-corrected chi connectivity index (χ2v) is 2.11. The van der Waals surface area contributed by atoms with E-state index in [9.17, 15) is 0 Å². The Morgan fingerprint density at radius 3 is 2.70 bits per heavy atom. The molecule has 0 amide bonds. The summed E-state index contributed by atoms with van der Waals surface area (Å²) in [6.07, 6.45) is 1.35. The van der Waals surface area contributed by atoms with Crippen molar-refractivity contribution in [3.05, 3.63) is 23.2 Å². The van der Waals surface area contributed by atoms with Crippen molar-refractivity contribution in [1.82, 2.24) is 0 Å². The largest absolute Gasteiger partial charge is 0.466 e. The molecule has 10 heavy (non-hydrogen) atoms. The van der Waals surface area contributed by atoms with Gasteiger partial charge in [0.15, 0.2) is 0 Å². The molecule has 3 heteroatoms. The molecule has 0 aliphatic heterocycles. The van der Waals surface area contributed by atoms with Crippen molar-refractivity contribution in [2.24, 2.45) is 5.16 Å². The maximum atomic E-state index is 8.18. The van der Waals surface area contributed by atoms with E-state index in [1.54, 1.807) is 0 Å².